The largest absolute Gasteiger partial charge is 0.493 e. The van der Waals surface area contributed by atoms with E-state index in [-0.39, 0.29) is 23.7 Å². The van der Waals surface area contributed by atoms with Crippen LogP contribution in [0.4, 0.5) is 0 Å². The van der Waals surface area contributed by atoms with Gasteiger partial charge in [0.1, 0.15) is 5.60 Å². The van der Waals surface area contributed by atoms with Crippen LogP contribution < -0.4 is 9.47 Å². The Kier molecular flexibility index (Phi) is 5.38. The smallest absolute Gasteiger partial charge is 0.335 e. The summed E-state index contributed by atoms with van der Waals surface area (Å²) in [6.07, 6.45) is 2.27. The molecule has 0 radical (unpaired) electrons. The lowest BCUT2D eigenvalue weighted by atomic mass is 9.70. The van der Waals surface area contributed by atoms with Gasteiger partial charge in [-0.1, -0.05) is 24.3 Å². The number of ether oxygens (including phenoxy) is 3. The van der Waals surface area contributed by atoms with Gasteiger partial charge < -0.3 is 19.3 Å². The van der Waals surface area contributed by atoms with E-state index < -0.39 is 5.97 Å². The summed E-state index contributed by atoms with van der Waals surface area (Å²) >= 11 is 0. The number of methoxy groups -OCH3 is 1. The Labute approximate surface area is 189 Å². The highest BCUT2D eigenvalue weighted by molar-refractivity contribution is 5.87. The predicted molar refractivity (Wildman–Crippen MR) is 120 cm³/mol. The highest BCUT2D eigenvalue weighted by atomic mass is 16.5. The van der Waals surface area contributed by atoms with Crippen LogP contribution in [0.2, 0.25) is 0 Å². The third-order valence-corrected chi connectivity index (χ3v) is 7.37. The summed E-state index contributed by atoms with van der Waals surface area (Å²) in [5.41, 5.74) is 2.13. The fraction of sp³-hybridized carbons (Fsp3) is 0.500. The van der Waals surface area contributed by atoms with E-state index in [9.17, 15) is 9.90 Å². The van der Waals surface area contributed by atoms with Crippen molar-refractivity contribution < 1.29 is 24.1 Å². The molecule has 32 heavy (non-hydrogen) atoms. The Morgan fingerprint density at radius 3 is 2.84 bits per heavy atom. The van der Waals surface area contributed by atoms with Gasteiger partial charge >= 0.3 is 5.97 Å². The average Bonchev–Trinajstić information content (AvgIpc) is 2.78. The van der Waals surface area contributed by atoms with Crippen LogP contribution in [0.1, 0.15) is 54.3 Å². The Bertz CT molecular complexity index is 1020. The highest BCUT2D eigenvalue weighted by Gasteiger charge is 2.51. The summed E-state index contributed by atoms with van der Waals surface area (Å²) in [6, 6.07) is 13.3. The predicted octanol–water partition coefficient (Wildman–Crippen LogP) is 4.53. The van der Waals surface area contributed by atoms with Gasteiger partial charge in [-0.05, 0) is 56.4 Å². The standard InChI is InChI=1S/C26H31NO5/c1-26(2)20-13-18-15-27(14-16-6-4-7-17(12-16)25(28)29)11-10-21(18)31-23(20)19-8-5-9-22(30-3)24(19)32-26/h4-9,12,18,20-21,23H,10-11,13-15H2,1-3H3,(H,28,29)/t18-,20+,21+,23-/m1/s1. The Balaban J connectivity index is 1.34. The number of fused-ring (bicyclic) bond motifs is 4. The molecule has 0 aliphatic carbocycles. The molecular formula is C26H31NO5. The van der Waals surface area contributed by atoms with Crippen LogP contribution >= 0.6 is 0 Å². The van der Waals surface area contributed by atoms with E-state index >= 15 is 0 Å². The molecule has 0 saturated carbocycles. The van der Waals surface area contributed by atoms with Crippen LogP contribution in [0.25, 0.3) is 0 Å². The van der Waals surface area contributed by atoms with Gasteiger partial charge in [-0.15, -0.1) is 0 Å². The van der Waals surface area contributed by atoms with Gasteiger partial charge in [0.25, 0.3) is 0 Å². The molecule has 170 valence electrons. The van der Waals surface area contributed by atoms with Gasteiger partial charge in [-0.25, -0.2) is 4.79 Å². The van der Waals surface area contributed by atoms with E-state index in [1.165, 1.54) is 0 Å². The Hall–Kier alpha value is -2.57. The SMILES string of the molecule is COc1cccc2c1OC(C)(C)[C@H]1C[C@@H]3CN(Cc4cccc(C(=O)O)c4)CC[C@@H]3O[C@H]21. The van der Waals surface area contributed by atoms with E-state index in [4.69, 9.17) is 14.2 Å². The number of nitrogens with zero attached hydrogens (tertiary/aromatic N) is 1. The molecule has 5 rings (SSSR count). The maximum atomic E-state index is 11.3. The molecule has 0 aromatic heterocycles. The summed E-state index contributed by atoms with van der Waals surface area (Å²) in [6.45, 7) is 6.97. The monoisotopic (exact) mass is 437 g/mol. The first kappa shape index (κ1) is 21.3. The molecule has 4 atom stereocenters. The van der Waals surface area contributed by atoms with E-state index in [0.717, 1.165) is 55.1 Å². The normalized spacial score (nSPS) is 28.6. The van der Waals surface area contributed by atoms with Crippen molar-refractivity contribution in [1.82, 2.24) is 4.90 Å². The zero-order valence-electron chi connectivity index (χ0n) is 18.9. The molecular weight excluding hydrogens is 406 g/mol. The number of rotatable bonds is 4. The lowest BCUT2D eigenvalue weighted by Gasteiger charge is -2.53. The quantitative estimate of drug-likeness (QED) is 0.758. The van der Waals surface area contributed by atoms with Crippen LogP contribution in [-0.4, -0.2) is 47.9 Å². The van der Waals surface area contributed by atoms with E-state index in [0.29, 0.717) is 11.5 Å². The first-order chi connectivity index (χ1) is 15.4. The molecule has 0 bridgehead atoms. The molecule has 0 spiro atoms. The van der Waals surface area contributed by atoms with E-state index in [1.54, 1.807) is 19.2 Å². The molecule has 2 fully saturated rings. The second-order valence-electron chi connectivity index (χ2n) is 9.81. The van der Waals surface area contributed by atoms with Gasteiger partial charge in [0, 0.05) is 31.1 Å². The van der Waals surface area contributed by atoms with Crippen molar-refractivity contribution in [2.75, 3.05) is 20.2 Å². The van der Waals surface area contributed by atoms with Crippen molar-refractivity contribution in [3.8, 4) is 11.5 Å². The van der Waals surface area contributed by atoms with Crippen molar-refractivity contribution >= 4 is 5.97 Å². The summed E-state index contributed by atoms with van der Waals surface area (Å²) in [5.74, 6) is 1.39. The minimum atomic E-state index is -0.881. The summed E-state index contributed by atoms with van der Waals surface area (Å²) < 4.78 is 18.8. The highest BCUT2D eigenvalue weighted by Crippen LogP contribution is 2.55. The first-order valence-electron chi connectivity index (χ1n) is 11.4. The zero-order valence-corrected chi connectivity index (χ0v) is 18.9. The number of piperidine rings is 1. The fourth-order valence-electron chi connectivity index (χ4n) is 5.73. The van der Waals surface area contributed by atoms with Gasteiger partial charge in [0.2, 0.25) is 0 Å². The second-order valence-corrected chi connectivity index (χ2v) is 9.81. The van der Waals surface area contributed by atoms with Gasteiger partial charge in [0.15, 0.2) is 11.5 Å². The maximum Gasteiger partial charge on any atom is 0.335 e. The summed E-state index contributed by atoms with van der Waals surface area (Å²) in [7, 11) is 1.68. The summed E-state index contributed by atoms with van der Waals surface area (Å²) in [4.78, 5) is 13.7. The molecule has 3 aliphatic rings. The van der Waals surface area contributed by atoms with Crippen LogP contribution in [-0.2, 0) is 11.3 Å². The molecule has 3 heterocycles. The molecule has 3 aliphatic heterocycles. The van der Waals surface area contributed by atoms with Crippen LogP contribution in [0.5, 0.6) is 11.5 Å². The van der Waals surface area contributed by atoms with Crippen molar-refractivity contribution in [2.45, 2.75) is 51.0 Å². The number of carboxylic acid groups (broad SMARTS) is 1. The van der Waals surface area contributed by atoms with Gasteiger partial charge in [0.05, 0.1) is 24.9 Å². The molecule has 0 unspecified atom stereocenters. The maximum absolute atomic E-state index is 11.3. The second kappa shape index (κ2) is 8.09. The van der Waals surface area contributed by atoms with Crippen LogP contribution in [0.3, 0.4) is 0 Å². The van der Waals surface area contributed by atoms with Crippen molar-refractivity contribution in [3.63, 3.8) is 0 Å². The number of aromatic carboxylic acids is 1. The van der Waals surface area contributed by atoms with Crippen molar-refractivity contribution in [2.24, 2.45) is 11.8 Å². The zero-order chi connectivity index (χ0) is 22.5. The Morgan fingerprint density at radius 1 is 1.25 bits per heavy atom. The molecule has 6 heteroatoms. The van der Waals surface area contributed by atoms with Crippen LogP contribution in [0, 0.1) is 11.8 Å². The fourth-order valence-corrected chi connectivity index (χ4v) is 5.73. The molecule has 2 aromatic carbocycles. The Morgan fingerprint density at radius 2 is 2.06 bits per heavy atom. The lowest BCUT2D eigenvalue weighted by Crippen LogP contribution is -2.55. The number of hydrogen-bond donors (Lipinski definition) is 1. The van der Waals surface area contributed by atoms with Crippen LogP contribution in [0.15, 0.2) is 42.5 Å². The van der Waals surface area contributed by atoms with E-state index in [1.807, 2.05) is 24.3 Å². The number of carboxylic acids is 1. The number of benzene rings is 2. The number of hydrogen-bond acceptors (Lipinski definition) is 5. The number of likely N-dealkylation sites (tertiary alicyclic amines) is 1. The third-order valence-electron chi connectivity index (χ3n) is 7.37. The third kappa shape index (κ3) is 3.76. The van der Waals surface area contributed by atoms with Gasteiger partial charge in [-0.3, -0.25) is 4.90 Å². The van der Waals surface area contributed by atoms with Gasteiger partial charge in [-0.2, -0.15) is 0 Å². The minimum absolute atomic E-state index is 0.0175. The molecule has 6 nitrogen and oxygen atoms in total. The lowest BCUT2D eigenvalue weighted by molar-refractivity contribution is -0.188. The molecule has 2 aromatic rings. The number of para-hydroxylation sites is 1. The minimum Gasteiger partial charge on any atom is -0.493 e. The van der Waals surface area contributed by atoms with E-state index in [2.05, 4.69) is 24.8 Å². The van der Waals surface area contributed by atoms with Crippen molar-refractivity contribution in [3.05, 3.63) is 59.2 Å². The summed E-state index contributed by atoms with van der Waals surface area (Å²) in [5, 5.41) is 9.28. The average molecular weight is 438 g/mol. The number of carbonyl (C=O) groups is 1. The topological polar surface area (TPSA) is 68.2 Å². The molecule has 2 saturated heterocycles. The molecule has 1 N–H and O–H groups in total. The first-order valence-corrected chi connectivity index (χ1v) is 11.4. The molecule has 0 amide bonds. The van der Waals surface area contributed by atoms with Crippen molar-refractivity contribution in [1.29, 1.82) is 0 Å².